The van der Waals surface area contributed by atoms with Crippen molar-refractivity contribution in [2.24, 2.45) is 5.41 Å². The third-order valence-electron chi connectivity index (χ3n) is 3.57. The lowest BCUT2D eigenvalue weighted by Crippen LogP contribution is -2.37. The maximum absolute atomic E-state index is 4.00. The quantitative estimate of drug-likeness (QED) is 0.820. The summed E-state index contributed by atoms with van der Waals surface area (Å²) in [7, 11) is 0. The van der Waals surface area contributed by atoms with E-state index in [1.807, 2.05) is 0 Å². The van der Waals surface area contributed by atoms with Crippen molar-refractivity contribution in [2.45, 2.75) is 58.5 Å². The zero-order chi connectivity index (χ0) is 11.6. The molecule has 0 amide bonds. The van der Waals surface area contributed by atoms with Gasteiger partial charge in [0.1, 0.15) is 0 Å². The number of hydrogen-bond acceptors (Lipinski definition) is 4. The zero-order valence-corrected chi connectivity index (χ0v) is 10.3. The predicted molar refractivity (Wildman–Crippen MR) is 61.8 cm³/mol. The second-order valence-corrected chi connectivity index (χ2v) is 5.60. The molecule has 2 N–H and O–H groups in total. The van der Waals surface area contributed by atoms with Crippen LogP contribution in [0.1, 0.15) is 58.3 Å². The van der Waals surface area contributed by atoms with Crippen LogP contribution in [-0.2, 0) is 0 Å². The molecule has 0 bridgehead atoms. The van der Waals surface area contributed by atoms with Crippen LogP contribution in [0.5, 0.6) is 0 Å². The van der Waals surface area contributed by atoms with E-state index in [4.69, 9.17) is 0 Å². The highest BCUT2D eigenvalue weighted by Gasteiger charge is 2.27. The summed E-state index contributed by atoms with van der Waals surface area (Å²) in [4.78, 5) is 0. The summed E-state index contributed by atoms with van der Waals surface area (Å²) in [6.45, 7) is 6.79. The summed E-state index contributed by atoms with van der Waals surface area (Å²) >= 11 is 0. The smallest absolute Gasteiger partial charge is 0.191 e. The summed E-state index contributed by atoms with van der Waals surface area (Å²) in [5.74, 6) is 0.754. The van der Waals surface area contributed by atoms with E-state index in [-0.39, 0.29) is 6.04 Å². The molecule has 90 valence electrons. The minimum atomic E-state index is 0.185. The number of aromatic amines is 1. The first kappa shape index (κ1) is 11.5. The molecule has 0 saturated heterocycles. The first-order valence-electron chi connectivity index (χ1n) is 6.06. The molecule has 16 heavy (non-hydrogen) atoms. The Hall–Kier alpha value is -0.970. The molecule has 1 aliphatic rings. The predicted octanol–water partition coefficient (Wildman–Crippen LogP) is 1.82. The fraction of sp³-hybridized carbons (Fsp3) is 0.909. The lowest BCUT2D eigenvalue weighted by atomic mass is 9.75. The van der Waals surface area contributed by atoms with Crippen LogP contribution in [0, 0.1) is 5.41 Å². The minimum absolute atomic E-state index is 0.185. The normalized spacial score (nSPS) is 23.2. The molecular weight excluding hydrogens is 202 g/mol. The van der Waals surface area contributed by atoms with Crippen LogP contribution in [0.3, 0.4) is 0 Å². The van der Waals surface area contributed by atoms with Crippen LogP contribution in [0.2, 0.25) is 0 Å². The zero-order valence-electron chi connectivity index (χ0n) is 10.3. The highest BCUT2D eigenvalue weighted by Crippen LogP contribution is 2.35. The molecule has 0 aliphatic heterocycles. The Morgan fingerprint density at radius 3 is 2.62 bits per heavy atom. The number of hydrogen-bond donors (Lipinski definition) is 2. The summed E-state index contributed by atoms with van der Waals surface area (Å²) in [6.07, 6.45) is 5.08. The summed E-state index contributed by atoms with van der Waals surface area (Å²) in [5, 5.41) is 17.6. The monoisotopic (exact) mass is 223 g/mol. The maximum Gasteiger partial charge on any atom is 0.191 e. The Kier molecular flexibility index (Phi) is 3.23. The molecule has 1 unspecified atom stereocenters. The van der Waals surface area contributed by atoms with Gasteiger partial charge in [-0.1, -0.05) is 19.1 Å². The molecule has 1 atom stereocenters. The molecule has 0 spiro atoms. The first-order valence-corrected chi connectivity index (χ1v) is 6.06. The number of nitrogens with zero attached hydrogens (tertiary/aromatic N) is 3. The lowest BCUT2D eigenvalue weighted by molar-refractivity contribution is 0.199. The van der Waals surface area contributed by atoms with Gasteiger partial charge in [0, 0.05) is 6.04 Å². The molecule has 1 saturated carbocycles. The second-order valence-electron chi connectivity index (χ2n) is 5.60. The van der Waals surface area contributed by atoms with Gasteiger partial charge in [-0.2, -0.15) is 5.21 Å². The Morgan fingerprint density at radius 2 is 2.06 bits per heavy atom. The van der Waals surface area contributed by atoms with Gasteiger partial charge in [0.25, 0.3) is 0 Å². The van der Waals surface area contributed by atoms with Gasteiger partial charge in [-0.25, -0.2) is 0 Å². The van der Waals surface area contributed by atoms with Crippen molar-refractivity contribution in [2.75, 3.05) is 0 Å². The van der Waals surface area contributed by atoms with Gasteiger partial charge in [-0.05, 0) is 38.0 Å². The van der Waals surface area contributed by atoms with Crippen LogP contribution >= 0.6 is 0 Å². The Labute approximate surface area is 96.4 Å². The fourth-order valence-corrected chi connectivity index (χ4v) is 2.35. The van der Waals surface area contributed by atoms with Gasteiger partial charge in [0.05, 0.1) is 6.04 Å². The van der Waals surface area contributed by atoms with Crippen molar-refractivity contribution in [1.82, 2.24) is 25.9 Å². The number of nitrogens with one attached hydrogen (secondary N) is 2. The van der Waals surface area contributed by atoms with E-state index >= 15 is 0 Å². The van der Waals surface area contributed by atoms with Gasteiger partial charge in [-0.3, -0.25) is 0 Å². The van der Waals surface area contributed by atoms with Crippen molar-refractivity contribution >= 4 is 0 Å². The van der Waals surface area contributed by atoms with Crippen molar-refractivity contribution in [1.29, 1.82) is 0 Å². The summed E-state index contributed by atoms with van der Waals surface area (Å²) < 4.78 is 0. The minimum Gasteiger partial charge on any atom is -0.305 e. The molecule has 1 aromatic heterocycles. The van der Waals surface area contributed by atoms with Crippen LogP contribution in [0.15, 0.2) is 0 Å². The highest BCUT2D eigenvalue weighted by molar-refractivity contribution is 4.90. The molecule has 5 heteroatoms. The molecular formula is C11H21N5. The van der Waals surface area contributed by atoms with E-state index in [2.05, 4.69) is 46.7 Å². The van der Waals surface area contributed by atoms with Gasteiger partial charge < -0.3 is 5.32 Å². The van der Waals surface area contributed by atoms with Gasteiger partial charge >= 0.3 is 0 Å². The van der Waals surface area contributed by atoms with Crippen molar-refractivity contribution in [3.63, 3.8) is 0 Å². The van der Waals surface area contributed by atoms with Gasteiger partial charge in [0.2, 0.25) is 0 Å². The molecule has 1 aromatic rings. The van der Waals surface area contributed by atoms with Crippen molar-refractivity contribution in [3.05, 3.63) is 5.82 Å². The third-order valence-corrected chi connectivity index (χ3v) is 3.57. The average Bonchev–Trinajstić information content (AvgIpc) is 2.74. The molecule has 1 aliphatic carbocycles. The number of rotatable bonds is 3. The van der Waals surface area contributed by atoms with E-state index in [9.17, 15) is 0 Å². The highest BCUT2D eigenvalue weighted by atomic mass is 15.5. The Morgan fingerprint density at radius 1 is 1.38 bits per heavy atom. The first-order chi connectivity index (χ1) is 7.57. The topological polar surface area (TPSA) is 66.5 Å². The molecule has 1 fully saturated rings. The van der Waals surface area contributed by atoms with Crippen LogP contribution in [0.4, 0.5) is 0 Å². The van der Waals surface area contributed by atoms with Crippen molar-refractivity contribution in [3.8, 4) is 0 Å². The Balaban J connectivity index is 1.83. The Bertz CT molecular complexity index is 309. The number of H-pyrrole nitrogens is 1. The number of aromatic nitrogens is 4. The van der Waals surface area contributed by atoms with E-state index < -0.39 is 0 Å². The standard InChI is InChI=1S/C11H21N5/c1-8(10-13-15-16-14-10)12-9-4-6-11(2,3)7-5-9/h8-9,12H,4-7H2,1-3H3,(H,13,14,15,16). The summed E-state index contributed by atoms with van der Waals surface area (Å²) in [5.41, 5.74) is 0.521. The SMILES string of the molecule is CC(NC1CCC(C)(C)CC1)c1nn[nH]n1. The van der Waals surface area contributed by atoms with Crippen LogP contribution < -0.4 is 5.32 Å². The fourth-order valence-electron chi connectivity index (χ4n) is 2.35. The maximum atomic E-state index is 4.00. The molecule has 5 nitrogen and oxygen atoms in total. The average molecular weight is 223 g/mol. The lowest BCUT2D eigenvalue weighted by Gasteiger charge is -2.35. The van der Waals surface area contributed by atoms with Crippen molar-refractivity contribution < 1.29 is 0 Å². The van der Waals surface area contributed by atoms with Gasteiger partial charge in [0.15, 0.2) is 5.82 Å². The third kappa shape index (κ3) is 2.78. The van der Waals surface area contributed by atoms with Crippen LogP contribution in [-0.4, -0.2) is 26.7 Å². The number of tetrazole rings is 1. The van der Waals surface area contributed by atoms with E-state index in [1.165, 1.54) is 25.7 Å². The van der Waals surface area contributed by atoms with Crippen LogP contribution in [0.25, 0.3) is 0 Å². The van der Waals surface area contributed by atoms with E-state index in [0.29, 0.717) is 11.5 Å². The molecule has 1 heterocycles. The molecule has 2 rings (SSSR count). The molecule has 0 aromatic carbocycles. The van der Waals surface area contributed by atoms with Gasteiger partial charge in [-0.15, -0.1) is 10.2 Å². The van der Waals surface area contributed by atoms with E-state index in [1.54, 1.807) is 0 Å². The summed E-state index contributed by atoms with van der Waals surface area (Å²) in [6, 6.07) is 0.784. The van der Waals surface area contributed by atoms with E-state index in [0.717, 1.165) is 5.82 Å². The molecule has 0 radical (unpaired) electrons. The largest absolute Gasteiger partial charge is 0.305 e. The second kappa shape index (κ2) is 4.49.